The maximum atomic E-state index is 5.45. The second-order valence-corrected chi connectivity index (χ2v) is 6.23. The van der Waals surface area contributed by atoms with Crippen LogP contribution in [0.25, 0.3) is 0 Å². The lowest BCUT2D eigenvalue weighted by Crippen LogP contribution is -2.39. The molecular weight excluding hydrogens is 266 g/mol. The Kier molecular flexibility index (Phi) is 4.39. The Bertz CT molecular complexity index is 502. The average molecular weight is 289 g/mol. The standard InChI is InChI=1S/C15H23N5O/c1-3-5-12-6-4-7-19(10-12)15-16-17-18-20(15)14-8-13(9-14)11-21-2/h1,12-14H,4-11H2,2H3/t12-,13?,14?/m0/s1. The molecule has 0 unspecified atom stereocenters. The molecule has 1 aromatic rings. The molecule has 0 bridgehead atoms. The number of rotatable bonds is 5. The van der Waals surface area contributed by atoms with Gasteiger partial charge in [0.15, 0.2) is 0 Å². The molecule has 1 atom stereocenters. The van der Waals surface area contributed by atoms with E-state index in [1.54, 1.807) is 7.11 Å². The molecule has 1 aliphatic heterocycles. The predicted octanol–water partition coefficient (Wildman–Crippen LogP) is 1.51. The molecule has 6 nitrogen and oxygen atoms in total. The van der Waals surface area contributed by atoms with E-state index in [0.29, 0.717) is 17.9 Å². The van der Waals surface area contributed by atoms with Gasteiger partial charge in [0.25, 0.3) is 0 Å². The van der Waals surface area contributed by atoms with E-state index < -0.39 is 0 Å². The highest BCUT2D eigenvalue weighted by Crippen LogP contribution is 2.39. The minimum Gasteiger partial charge on any atom is -0.384 e. The second-order valence-electron chi connectivity index (χ2n) is 6.23. The van der Waals surface area contributed by atoms with Crippen LogP contribution in [0, 0.1) is 24.2 Å². The molecule has 114 valence electrons. The maximum absolute atomic E-state index is 5.45. The first-order chi connectivity index (χ1) is 10.3. The summed E-state index contributed by atoms with van der Waals surface area (Å²) in [5.74, 6) is 4.91. The van der Waals surface area contributed by atoms with Crippen LogP contribution in [0.5, 0.6) is 0 Å². The molecule has 1 aromatic heterocycles. The Hall–Kier alpha value is -1.61. The van der Waals surface area contributed by atoms with Crippen molar-refractivity contribution in [1.82, 2.24) is 20.2 Å². The minimum absolute atomic E-state index is 0.420. The molecule has 6 heteroatoms. The topological polar surface area (TPSA) is 56.1 Å². The van der Waals surface area contributed by atoms with Crippen molar-refractivity contribution in [2.75, 3.05) is 31.7 Å². The molecule has 21 heavy (non-hydrogen) atoms. The number of nitrogens with zero attached hydrogens (tertiary/aromatic N) is 5. The zero-order chi connectivity index (χ0) is 14.7. The predicted molar refractivity (Wildman–Crippen MR) is 79.8 cm³/mol. The molecular formula is C15H23N5O. The van der Waals surface area contributed by atoms with Gasteiger partial charge in [-0.25, -0.2) is 4.68 Å². The Morgan fingerprint density at radius 3 is 3.00 bits per heavy atom. The molecule has 0 aromatic carbocycles. The van der Waals surface area contributed by atoms with Gasteiger partial charge in [0, 0.05) is 33.2 Å². The van der Waals surface area contributed by atoms with Gasteiger partial charge in [-0.05, 0) is 47.9 Å². The van der Waals surface area contributed by atoms with Gasteiger partial charge in [-0.2, -0.15) is 0 Å². The Labute approximate surface area is 125 Å². The number of tetrazole rings is 1. The van der Waals surface area contributed by atoms with E-state index in [0.717, 1.165) is 51.3 Å². The summed E-state index contributed by atoms with van der Waals surface area (Å²) in [7, 11) is 1.76. The summed E-state index contributed by atoms with van der Waals surface area (Å²) in [6.45, 7) is 2.83. The number of piperidine rings is 1. The molecule has 1 saturated carbocycles. The molecule has 2 fully saturated rings. The highest BCUT2D eigenvalue weighted by atomic mass is 16.5. The lowest BCUT2D eigenvalue weighted by Gasteiger charge is -2.37. The van der Waals surface area contributed by atoms with Crippen LogP contribution in [0.1, 0.15) is 38.1 Å². The third-order valence-electron chi connectivity index (χ3n) is 4.64. The lowest BCUT2D eigenvalue weighted by atomic mass is 9.81. The van der Waals surface area contributed by atoms with Crippen molar-refractivity contribution in [3.63, 3.8) is 0 Å². The number of hydrogen-bond donors (Lipinski definition) is 0. The van der Waals surface area contributed by atoms with Crippen molar-refractivity contribution in [3.8, 4) is 12.3 Å². The first-order valence-corrected chi connectivity index (χ1v) is 7.77. The van der Waals surface area contributed by atoms with Crippen LogP contribution in [-0.2, 0) is 4.74 Å². The van der Waals surface area contributed by atoms with Gasteiger partial charge in [0.05, 0.1) is 6.04 Å². The van der Waals surface area contributed by atoms with Gasteiger partial charge in [0.2, 0.25) is 5.95 Å². The summed E-state index contributed by atoms with van der Waals surface area (Å²) < 4.78 is 7.21. The number of terminal acetylenes is 1. The van der Waals surface area contributed by atoms with E-state index in [-0.39, 0.29) is 0 Å². The molecule has 3 rings (SSSR count). The van der Waals surface area contributed by atoms with Crippen LogP contribution in [0.15, 0.2) is 0 Å². The summed E-state index contributed by atoms with van der Waals surface area (Å²) in [5.41, 5.74) is 0. The van der Waals surface area contributed by atoms with E-state index in [1.807, 2.05) is 4.68 Å². The highest BCUT2D eigenvalue weighted by Gasteiger charge is 2.34. The van der Waals surface area contributed by atoms with Gasteiger partial charge in [-0.15, -0.1) is 12.3 Å². The molecule has 2 aliphatic rings. The number of aromatic nitrogens is 4. The van der Waals surface area contributed by atoms with E-state index >= 15 is 0 Å². The monoisotopic (exact) mass is 289 g/mol. The minimum atomic E-state index is 0.420. The van der Waals surface area contributed by atoms with Crippen LogP contribution in [0.2, 0.25) is 0 Å². The zero-order valence-corrected chi connectivity index (χ0v) is 12.6. The molecule has 0 N–H and O–H groups in total. The lowest BCUT2D eigenvalue weighted by molar-refractivity contribution is 0.0728. The molecule has 1 aliphatic carbocycles. The van der Waals surface area contributed by atoms with Crippen LogP contribution < -0.4 is 4.90 Å². The first kappa shape index (κ1) is 14.3. The normalized spacial score (nSPS) is 29.0. The van der Waals surface area contributed by atoms with Gasteiger partial charge in [-0.3, -0.25) is 0 Å². The van der Waals surface area contributed by atoms with Crippen LogP contribution >= 0.6 is 0 Å². The Morgan fingerprint density at radius 2 is 2.24 bits per heavy atom. The van der Waals surface area contributed by atoms with Gasteiger partial charge in [0.1, 0.15) is 0 Å². The number of methoxy groups -OCH3 is 1. The van der Waals surface area contributed by atoms with Crippen molar-refractivity contribution in [3.05, 3.63) is 0 Å². The SMILES string of the molecule is C#CC[C@H]1CCCN(c2nnnn2C2CC(COC)C2)C1. The van der Waals surface area contributed by atoms with Crippen molar-refractivity contribution in [1.29, 1.82) is 0 Å². The highest BCUT2D eigenvalue weighted by molar-refractivity contribution is 5.30. The first-order valence-electron chi connectivity index (χ1n) is 7.77. The molecule has 0 radical (unpaired) electrons. The maximum Gasteiger partial charge on any atom is 0.245 e. The molecule has 2 heterocycles. The van der Waals surface area contributed by atoms with Crippen LogP contribution in [0.4, 0.5) is 5.95 Å². The average Bonchev–Trinajstić information content (AvgIpc) is 2.92. The van der Waals surface area contributed by atoms with E-state index in [4.69, 9.17) is 11.2 Å². The summed E-state index contributed by atoms with van der Waals surface area (Å²) in [5, 5.41) is 12.4. The molecule has 0 spiro atoms. The third-order valence-corrected chi connectivity index (χ3v) is 4.64. The fourth-order valence-corrected chi connectivity index (χ4v) is 3.49. The molecule has 1 saturated heterocycles. The largest absolute Gasteiger partial charge is 0.384 e. The summed E-state index contributed by atoms with van der Waals surface area (Å²) in [4.78, 5) is 2.30. The quantitative estimate of drug-likeness (QED) is 0.769. The van der Waals surface area contributed by atoms with Crippen molar-refractivity contribution in [2.45, 2.75) is 38.1 Å². The van der Waals surface area contributed by atoms with Gasteiger partial charge in [-0.1, -0.05) is 5.10 Å². The fourth-order valence-electron chi connectivity index (χ4n) is 3.49. The molecule has 0 amide bonds. The van der Waals surface area contributed by atoms with E-state index in [1.165, 1.54) is 6.42 Å². The van der Waals surface area contributed by atoms with Gasteiger partial charge >= 0.3 is 0 Å². The Balaban J connectivity index is 1.64. The number of ether oxygens (including phenoxy) is 1. The van der Waals surface area contributed by atoms with Crippen molar-refractivity contribution >= 4 is 5.95 Å². The van der Waals surface area contributed by atoms with Crippen molar-refractivity contribution < 1.29 is 4.74 Å². The summed E-state index contributed by atoms with van der Waals surface area (Å²) >= 11 is 0. The second kappa shape index (κ2) is 6.44. The fraction of sp³-hybridized carbons (Fsp3) is 0.800. The third kappa shape index (κ3) is 3.03. The number of hydrogen-bond acceptors (Lipinski definition) is 5. The summed E-state index contributed by atoms with van der Waals surface area (Å²) in [6, 6.07) is 0.420. The van der Waals surface area contributed by atoms with Crippen LogP contribution in [-0.4, -0.2) is 47.0 Å². The smallest absolute Gasteiger partial charge is 0.245 e. The Morgan fingerprint density at radius 1 is 1.38 bits per heavy atom. The summed E-state index contributed by atoms with van der Waals surface area (Å²) in [6.07, 6.45) is 10.9. The number of anilines is 1. The van der Waals surface area contributed by atoms with Crippen LogP contribution in [0.3, 0.4) is 0 Å². The van der Waals surface area contributed by atoms with E-state index in [2.05, 4.69) is 26.3 Å². The zero-order valence-electron chi connectivity index (χ0n) is 12.6. The van der Waals surface area contributed by atoms with Crippen molar-refractivity contribution in [2.24, 2.45) is 11.8 Å². The van der Waals surface area contributed by atoms with Gasteiger partial charge < -0.3 is 9.64 Å². The van der Waals surface area contributed by atoms with E-state index in [9.17, 15) is 0 Å².